The zero-order valence-corrected chi connectivity index (χ0v) is 16.2. The van der Waals surface area contributed by atoms with Crippen molar-refractivity contribution in [1.29, 1.82) is 0 Å². The van der Waals surface area contributed by atoms with Crippen molar-refractivity contribution in [2.75, 3.05) is 50.6 Å². The van der Waals surface area contributed by atoms with Crippen molar-refractivity contribution in [2.24, 2.45) is 0 Å². The molecule has 1 aromatic rings. The molecule has 2 fully saturated rings. The first-order chi connectivity index (χ1) is 13.2. The molecule has 0 bridgehead atoms. The second-order valence-electron chi connectivity index (χ2n) is 6.75. The summed E-state index contributed by atoms with van der Waals surface area (Å²) in [6.07, 6.45) is 0. The Morgan fingerprint density at radius 3 is 2.43 bits per heavy atom. The fourth-order valence-corrected chi connectivity index (χ4v) is 4.50. The first kappa shape index (κ1) is 20.6. The molecule has 0 spiro atoms. The van der Waals surface area contributed by atoms with E-state index in [4.69, 9.17) is 0 Å². The van der Waals surface area contributed by atoms with Crippen LogP contribution in [0.5, 0.6) is 5.75 Å². The van der Waals surface area contributed by atoms with Gasteiger partial charge in [-0.3, -0.25) is 28.5 Å². The van der Waals surface area contributed by atoms with Crippen LogP contribution in [0.1, 0.15) is 5.56 Å². The number of carbonyl (C=O) groups is 2. The second kappa shape index (κ2) is 8.09. The maximum atomic E-state index is 14.6. The Labute approximate surface area is 163 Å². The van der Waals surface area contributed by atoms with Crippen LogP contribution in [0.3, 0.4) is 0 Å². The van der Waals surface area contributed by atoms with Gasteiger partial charge in [0.2, 0.25) is 5.91 Å². The van der Waals surface area contributed by atoms with Crippen LogP contribution in [-0.2, 0) is 16.1 Å². The topological polar surface area (TPSA) is 129 Å². The van der Waals surface area contributed by atoms with Gasteiger partial charge < -0.3 is 10.4 Å². The number of carbonyl (C=O) groups excluding carboxylic acids is 2. The summed E-state index contributed by atoms with van der Waals surface area (Å²) in [4.78, 5) is 26.9. The summed E-state index contributed by atoms with van der Waals surface area (Å²) in [6, 6.07) is 2.57. The molecule has 5 N–H and O–H groups in total. The molecular formula is C16H24FN5O5S. The van der Waals surface area contributed by atoms with Gasteiger partial charge in [-0.1, -0.05) is 0 Å². The second-order valence-corrected chi connectivity index (χ2v) is 8.43. The molecule has 156 valence electrons. The molecule has 1 aromatic carbocycles. The van der Waals surface area contributed by atoms with Crippen LogP contribution in [0.4, 0.5) is 10.1 Å². The van der Waals surface area contributed by atoms with Crippen LogP contribution in [0.2, 0.25) is 0 Å². The Morgan fingerprint density at radius 1 is 1.25 bits per heavy atom. The summed E-state index contributed by atoms with van der Waals surface area (Å²) in [5.74, 6) is -2.02. The number of amides is 2. The van der Waals surface area contributed by atoms with E-state index in [2.05, 4.69) is 10.2 Å². The Morgan fingerprint density at radius 2 is 1.89 bits per heavy atom. The van der Waals surface area contributed by atoms with Crippen LogP contribution in [0.25, 0.3) is 0 Å². The number of aromatic hydroxyl groups is 1. The molecule has 2 amide bonds. The Kier molecular flexibility index (Phi) is 5.95. The standard InChI is InChI=1S/C16H24FN5O5S/c1-18-14(24)9-21-4-2-20(3-5-21)8-11-6-12(17)16(13(23)7-11)22-10-15(25)19-28(22,26)27/h6-7,23,26-27H,2-5,8-10H2,1H3,(H,18,24)(H,19,25). The Hall–Kier alpha value is -2.12. The molecule has 0 radical (unpaired) electrons. The van der Waals surface area contributed by atoms with Gasteiger partial charge in [0.05, 0.1) is 6.54 Å². The first-order valence-corrected chi connectivity index (χ1v) is 10.2. The number of hydrogen-bond donors (Lipinski definition) is 5. The average Bonchev–Trinajstić information content (AvgIpc) is 2.88. The van der Waals surface area contributed by atoms with Gasteiger partial charge in [0.15, 0.2) is 5.82 Å². The number of phenols is 1. The van der Waals surface area contributed by atoms with Gasteiger partial charge in [0.1, 0.15) is 18.0 Å². The van der Waals surface area contributed by atoms with Crippen LogP contribution in [0, 0.1) is 5.82 Å². The minimum Gasteiger partial charge on any atom is -0.506 e. The monoisotopic (exact) mass is 417 g/mol. The lowest BCUT2D eigenvalue weighted by atomic mass is 10.1. The quantitative estimate of drug-likeness (QED) is 0.450. The molecule has 2 saturated heterocycles. The molecule has 2 aliphatic heterocycles. The van der Waals surface area contributed by atoms with Crippen LogP contribution in [-0.4, -0.2) is 82.1 Å². The minimum atomic E-state index is -3.71. The summed E-state index contributed by atoms with van der Waals surface area (Å²) in [6.45, 7) is 3.04. The fourth-order valence-electron chi connectivity index (χ4n) is 3.29. The third kappa shape index (κ3) is 4.47. The number of piperazine rings is 1. The normalized spacial score (nSPS) is 21.4. The van der Waals surface area contributed by atoms with E-state index in [1.807, 2.05) is 9.62 Å². The zero-order valence-electron chi connectivity index (χ0n) is 15.4. The number of rotatable bonds is 5. The van der Waals surface area contributed by atoms with E-state index in [0.717, 1.165) is 4.31 Å². The molecule has 10 nitrogen and oxygen atoms in total. The third-order valence-electron chi connectivity index (χ3n) is 4.71. The fraction of sp³-hybridized carbons (Fsp3) is 0.500. The van der Waals surface area contributed by atoms with Gasteiger partial charge >= 0.3 is 0 Å². The molecule has 3 rings (SSSR count). The Bertz CT molecular complexity index is 749. The number of halogens is 1. The maximum Gasteiger partial charge on any atom is 0.260 e. The van der Waals surface area contributed by atoms with Gasteiger partial charge in [-0.15, -0.1) is 0 Å². The van der Waals surface area contributed by atoms with Crippen molar-refractivity contribution < 1.29 is 28.2 Å². The number of nitrogens with zero attached hydrogens (tertiary/aromatic N) is 3. The van der Waals surface area contributed by atoms with Gasteiger partial charge in [-0.25, -0.2) is 13.4 Å². The predicted octanol–water partition coefficient (Wildman–Crippen LogP) is -0.0883. The molecule has 0 atom stereocenters. The Balaban J connectivity index is 1.66. The van der Waals surface area contributed by atoms with Crippen LogP contribution < -0.4 is 14.3 Å². The van der Waals surface area contributed by atoms with E-state index >= 15 is 0 Å². The maximum absolute atomic E-state index is 14.6. The summed E-state index contributed by atoms with van der Waals surface area (Å²) in [5.41, 5.74) is 0.103. The van der Waals surface area contributed by atoms with Crippen molar-refractivity contribution in [3.63, 3.8) is 0 Å². The SMILES string of the molecule is CNC(=O)CN1CCN(Cc2cc(O)c(N3CC(=O)NS3(O)O)c(F)c2)CC1. The summed E-state index contributed by atoms with van der Waals surface area (Å²) < 4.78 is 37.1. The summed E-state index contributed by atoms with van der Waals surface area (Å²) >= 11 is 0. The molecule has 2 aliphatic rings. The number of likely N-dealkylation sites (N-methyl/N-ethyl adjacent to an activating group) is 1. The van der Waals surface area contributed by atoms with Crippen molar-refractivity contribution in [1.82, 2.24) is 19.8 Å². The van der Waals surface area contributed by atoms with E-state index < -0.39 is 40.7 Å². The smallest absolute Gasteiger partial charge is 0.260 e. The molecule has 28 heavy (non-hydrogen) atoms. The van der Waals surface area contributed by atoms with Gasteiger partial charge in [0, 0.05) is 39.8 Å². The van der Waals surface area contributed by atoms with Crippen molar-refractivity contribution in [2.45, 2.75) is 6.54 Å². The van der Waals surface area contributed by atoms with Crippen LogP contribution in [0.15, 0.2) is 12.1 Å². The predicted molar refractivity (Wildman–Crippen MR) is 102 cm³/mol. The van der Waals surface area contributed by atoms with Gasteiger partial charge in [-0.2, -0.15) is 0 Å². The molecular weight excluding hydrogens is 393 g/mol. The molecule has 12 heteroatoms. The number of anilines is 1. The lowest BCUT2D eigenvalue weighted by Gasteiger charge is -2.36. The van der Waals surface area contributed by atoms with E-state index in [1.165, 1.54) is 12.1 Å². The lowest BCUT2D eigenvalue weighted by Crippen LogP contribution is -2.48. The number of hydrogen-bond acceptors (Lipinski definition) is 8. The van der Waals surface area contributed by atoms with Crippen LogP contribution >= 0.6 is 11.0 Å². The molecule has 0 saturated carbocycles. The average molecular weight is 417 g/mol. The van der Waals surface area contributed by atoms with E-state index in [1.54, 1.807) is 7.05 Å². The molecule has 0 aliphatic carbocycles. The van der Waals surface area contributed by atoms with Crippen molar-refractivity contribution in [3.05, 3.63) is 23.5 Å². The summed E-state index contributed by atoms with van der Waals surface area (Å²) in [5, 5.41) is 12.8. The largest absolute Gasteiger partial charge is 0.506 e. The van der Waals surface area contributed by atoms with Crippen molar-refractivity contribution >= 4 is 28.5 Å². The highest BCUT2D eigenvalue weighted by Crippen LogP contribution is 2.49. The number of nitrogens with one attached hydrogen (secondary N) is 2. The third-order valence-corrected chi connectivity index (χ3v) is 6.14. The molecule has 0 aromatic heterocycles. The van der Waals surface area contributed by atoms with E-state index in [9.17, 15) is 28.2 Å². The highest BCUT2D eigenvalue weighted by atomic mass is 32.3. The molecule has 2 heterocycles. The number of benzene rings is 1. The van der Waals surface area contributed by atoms with Gasteiger partial charge in [0.25, 0.3) is 5.91 Å². The van der Waals surface area contributed by atoms with Crippen molar-refractivity contribution in [3.8, 4) is 5.75 Å². The number of phenolic OH excluding ortho intramolecular Hbond substituents is 1. The minimum absolute atomic E-state index is 0.0445. The van der Waals surface area contributed by atoms with E-state index in [-0.39, 0.29) is 5.91 Å². The van der Waals surface area contributed by atoms with E-state index in [0.29, 0.717) is 44.8 Å². The summed E-state index contributed by atoms with van der Waals surface area (Å²) in [7, 11) is -2.11. The van der Waals surface area contributed by atoms with Gasteiger partial charge in [-0.05, 0) is 28.7 Å². The zero-order chi connectivity index (χ0) is 20.5. The highest BCUT2D eigenvalue weighted by molar-refractivity contribution is 8.24. The highest BCUT2D eigenvalue weighted by Gasteiger charge is 2.38. The lowest BCUT2D eigenvalue weighted by molar-refractivity contribution is -0.122. The molecule has 0 unspecified atom stereocenters. The first-order valence-electron chi connectivity index (χ1n) is 8.73.